The van der Waals surface area contributed by atoms with E-state index in [1.165, 1.54) is 57.1 Å². The first-order valence-electron chi connectivity index (χ1n) is 7.92. The van der Waals surface area contributed by atoms with Gasteiger partial charge in [0.15, 0.2) is 0 Å². The largest absolute Gasteiger partial charge is 0.307 e. The molecule has 1 aromatic heterocycles. The summed E-state index contributed by atoms with van der Waals surface area (Å²) < 4.78 is 0. The predicted octanol–water partition coefficient (Wildman–Crippen LogP) is 3.65. The van der Waals surface area contributed by atoms with Crippen molar-refractivity contribution in [3.63, 3.8) is 0 Å². The van der Waals surface area contributed by atoms with Crippen LogP contribution in [0.2, 0.25) is 0 Å². The van der Waals surface area contributed by atoms with E-state index < -0.39 is 0 Å². The number of nitrogens with one attached hydrogen (secondary N) is 1. The lowest BCUT2D eigenvalue weighted by atomic mass is 9.86. The lowest BCUT2D eigenvalue weighted by Crippen LogP contribution is -2.29. The Morgan fingerprint density at radius 1 is 1.00 bits per heavy atom. The normalized spacial score (nSPS) is 25.4. The molecule has 0 bridgehead atoms. The highest BCUT2D eigenvalue weighted by Crippen LogP contribution is 2.32. The zero-order valence-electron chi connectivity index (χ0n) is 12.0. The van der Waals surface area contributed by atoms with E-state index in [-0.39, 0.29) is 0 Å². The minimum Gasteiger partial charge on any atom is -0.307 e. The molecule has 1 N–H and O–H groups in total. The van der Waals surface area contributed by atoms with Crippen LogP contribution in [0.1, 0.15) is 80.5 Å². The summed E-state index contributed by atoms with van der Waals surface area (Å²) >= 11 is 0. The van der Waals surface area contributed by atoms with Gasteiger partial charge in [-0.3, -0.25) is 0 Å². The van der Waals surface area contributed by atoms with Gasteiger partial charge in [-0.2, -0.15) is 0 Å². The standard InChI is InChI=1S/C16H25N3/c1-12-11-15(13-7-3-2-4-8-13)19-16(18-12)14-9-5-6-10-17-14/h11,13-14,17H,2-10H2,1H3. The van der Waals surface area contributed by atoms with Crippen LogP contribution in [0.3, 0.4) is 0 Å². The Kier molecular flexibility index (Phi) is 4.12. The molecule has 0 spiro atoms. The third kappa shape index (κ3) is 3.14. The third-order valence-electron chi connectivity index (χ3n) is 4.54. The van der Waals surface area contributed by atoms with Gasteiger partial charge in [0.1, 0.15) is 5.82 Å². The Hall–Kier alpha value is -0.960. The molecule has 3 heteroatoms. The van der Waals surface area contributed by atoms with Gasteiger partial charge in [-0.05, 0) is 45.2 Å². The van der Waals surface area contributed by atoms with Crippen molar-refractivity contribution < 1.29 is 0 Å². The Bertz CT molecular complexity index is 382. The van der Waals surface area contributed by atoms with E-state index in [1.807, 2.05) is 0 Å². The second kappa shape index (κ2) is 6.00. The monoisotopic (exact) mass is 259 g/mol. The maximum absolute atomic E-state index is 4.91. The van der Waals surface area contributed by atoms with Crippen LogP contribution in [0.25, 0.3) is 0 Å². The summed E-state index contributed by atoms with van der Waals surface area (Å²) in [6.07, 6.45) is 10.5. The molecule has 19 heavy (non-hydrogen) atoms. The molecule has 1 unspecified atom stereocenters. The van der Waals surface area contributed by atoms with E-state index in [0.717, 1.165) is 18.1 Å². The van der Waals surface area contributed by atoms with Crippen LogP contribution in [-0.2, 0) is 0 Å². The van der Waals surface area contributed by atoms with Crippen LogP contribution in [0, 0.1) is 6.92 Å². The summed E-state index contributed by atoms with van der Waals surface area (Å²) in [6.45, 7) is 3.22. The van der Waals surface area contributed by atoms with E-state index in [4.69, 9.17) is 4.98 Å². The highest BCUT2D eigenvalue weighted by molar-refractivity contribution is 5.16. The first kappa shape index (κ1) is 13.0. The number of hydrogen-bond donors (Lipinski definition) is 1. The van der Waals surface area contributed by atoms with Gasteiger partial charge < -0.3 is 5.32 Å². The van der Waals surface area contributed by atoms with Crippen LogP contribution in [0.15, 0.2) is 6.07 Å². The van der Waals surface area contributed by atoms with Crippen LogP contribution in [0.4, 0.5) is 0 Å². The topological polar surface area (TPSA) is 37.8 Å². The van der Waals surface area contributed by atoms with E-state index in [2.05, 4.69) is 23.3 Å². The molecular weight excluding hydrogens is 234 g/mol. The average Bonchev–Trinajstić information content (AvgIpc) is 2.48. The molecule has 1 saturated carbocycles. The summed E-state index contributed by atoms with van der Waals surface area (Å²) in [4.78, 5) is 9.59. The maximum atomic E-state index is 4.91. The number of aryl methyl sites for hydroxylation is 1. The molecule has 0 amide bonds. The fraction of sp³-hybridized carbons (Fsp3) is 0.750. The van der Waals surface area contributed by atoms with Gasteiger partial charge in [-0.15, -0.1) is 0 Å². The summed E-state index contributed by atoms with van der Waals surface area (Å²) in [5.74, 6) is 1.72. The van der Waals surface area contributed by atoms with Gasteiger partial charge in [-0.1, -0.05) is 25.7 Å². The fourth-order valence-electron chi connectivity index (χ4n) is 3.45. The fourth-order valence-corrected chi connectivity index (χ4v) is 3.45. The molecule has 3 nitrogen and oxygen atoms in total. The van der Waals surface area contributed by atoms with Gasteiger partial charge in [0.05, 0.1) is 6.04 Å². The van der Waals surface area contributed by atoms with Crippen LogP contribution in [0.5, 0.6) is 0 Å². The zero-order chi connectivity index (χ0) is 13.1. The first-order chi connectivity index (χ1) is 9.33. The number of rotatable bonds is 2. The van der Waals surface area contributed by atoms with Crippen molar-refractivity contribution in [2.24, 2.45) is 0 Å². The van der Waals surface area contributed by atoms with Crippen LogP contribution >= 0.6 is 0 Å². The van der Waals surface area contributed by atoms with Crippen molar-refractivity contribution >= 4 is 0 Å². The van der Waals surface area contributed by atoms with Crippen molar-refractivity contribution in [1.29, 1.82) is 0 Å². The SMILES string of the molecule is Cc1cc(C2CCCCC2)nc(C2CCCCN2)n1. The highest BCUT2D eigenvalue weighted by atomic mass is 15.0. The second-order valence-electron chi connectivity index (χ2n) is 6.13. The summed E-state index contributed by atoms with van der Waals surface area (Å²) in [5, 5.41) is 3.57. The number of piperidine rings is 1. The Balaban J connectivity index is 1.82. The Morgan fingerprint density at radius 3 is 2.53 bits per heavy atom. The minimum absolute atomic E-state index is 0.385. The van der Waals surface area contributed by atoms with E-state index >= 15 is 0 Å². The molecule has 1 atom stereocenters. The van der Waals surface area contributed by atoms with Gasteiger partial charge in [-0.25, -0.2) is 9.97 Å². The molecule has 2 fully saturated rings. The molecule has 1 aliphatic carbocycles. The summed E-state index contributed by atoms with van der Waals surface area (Å²) in [7, 11) is 0. The van der Waals surface area contributed by atoms with Gasteiger partial charge in [0, 0.05) is 17.3 Å². The van der Waals surface area contributed by atoms with Crippen LogP contribution < -0.4 is 5.32 Å². The predicted molar refractivity (Wildman–Crippen MR) is 77.2 cm³/mol. The summed E-state index contributed by atoms with van der Waals surface area (Å²) in [5.41, 5.74) is 2.44. The molecule has 1 aromatic rings. The number of nitrogens with zero attached hydrogens (tertiary/aromatic N) is 2. The van der Waals surface area contributed by atoms with Crippen molar-refractivity contribution in [2.45, 2.75) is 70.3 Å². The molecule has 1 aliphatic heterocycles. The van der Waals surface area contributed by atoms with Crippen molar-refractivity contribution in [3.05, 3.63) is 23.3 Å². The quantitative estimate of drug-likeness (QED) is 0.881. The van der Waals surface area contributed by atoms with Crippen molar-refractivity contribution in [3.8, 4) is 0 Å². The van der Waals surface area contributed by atoms with Gasteiger partial charge in [0.2, 0.25) is 0 Å². The molecule has 0 aromatic carbocycles. The Morgan fingerprint density at radius 2 is 1.79 bits per heavy atom. The molecule has 2 aliphatic rings. The van der Waals surface area contributed by atoms with Crippen LogP contribution in [-0.4, -0.2) is 16.5 Å². The van der Waals surface area contributed by atoms with E-state index in [0.29, 0.717) is 12.0 Å². The van der Waals surface area contributed by atoms with Gasteiger partial charge in [0.25, 0.3) is 0 Å². The lowest BCUT2D eigenvalue weighted by Gasteiger charge is -2.25. The molecular formula is C16H25N3. The number of hydrogen-bond acceptors (Lipinski definition) is 3. The smallest absolute Gasteiger partial charge is 0.145 e. The summed E-state index contributed by atoms with van der Waals surface area (Å²) in [6, 6.07) is 2.60. The van der Waals surface area contributed by atoms with E-state index in [9.17, 15) is 0 Å². The third-order valence-corrected chi connectivity index (χ3v) is 4.54. The first-order valence-corrected chi connectivity index (χ1v) is 7.92. The minimum atomic E-state index is 0.385. The molecule has 1 saturated heterocycles. The lowest BCUT2D eigenvalue weighted by molar-refractivity contribution is 0.390. The molecule has 0 radical (unpaired) electrons. The van der Waals surface area contributed by atoms with E-state index in [1.54, 1.807) is 0 Å². The molecule has 3 rings (SSSR count). The molecule has 104 valence electrons. The second-order valence-corrected chi connectivity index (χ2v) is 6.13. The van der Waals surface area contributed by atoms with Crippen molar-refractivity contribution in [2.75, 3.05) is 6.54 Å². The molecule has 2 heterocycles. The number of aromatic nitrogens is 2. The van der Waals surface area contributed by atoms with Gasteiger partial charge >= 0.3 is 0 Å². The highest BCUT2D eigenvalue weighted by Gasteiger charge is 2.22. The zero-order valence-corrected chi connectivity index (χ0v) is 12.0. The average molecular weight is 259 g/mol. The van der Waals surface area contributed by atoms with Crippen molar-refractivity contribution in [1.82, 2.24) is 15.3 Å². The maximum Gasteiger partial charge on any atom is 0.145 e. The Labute approximate surface area is 116 Å².